The quantitative estimate of drug-likeness (QED) is 0.733. The van der Waals surface area contributed by atoms with Gasteiger partial charge in [-0.3, -0.25) is 4.90 Å². The fourth-order valence-corrected chi connectivity index (χ4v) is 2.06. The molecule has 1 aromatic heterocycles. The first-order chi connectivity index (χ1) is 9.34. The SMILES string of the molecule is C=CCN(Cc1occc1CNCC(C)C)C(C)(C)C. The van der Waals surface area contributed by atoms with Crippen LogP contribution in [0, 0.1) is 5.92 Å². The fraction of sp³-hybridized carbons (Fsp3) is 0.647. The Kier molecular flexibility index (Phi) is 6.50. The van der Waals surface area contributed by atoms with E-state index in [1.54, 1.807) is 6.26 Å². The van der Waals surface area contributed by atoms with Crippen LogP contribution in [0.3, 0.4) is 0 Å². The van der Waals surface area contributed by atoms with Crippen molar-refractivity contribution < 1.29 is 4.42 Å². The number of nitrogens with zero attached hydrogens (tertiary/aromatic N) is 1. The van der Waals surface area contributed by atoms with Gasteiger partial charge in [-0.1, -0.05) is 19.9 Å². The Balaban J connectivity index is 2.66. The average Bonchev–Trinajstić information content (AvgIpc) is 2.74. The normalized spacial score (nSPS) is 12.3. The van der Waals surface area contributed by atoms with Gasteiger partial charge in [0.1, 0.15) is 5.76 Å². The first kappa shape index (κ1) is 17.0. The maximum Gasteiger partial charge on any atom is 0.122 e. The number of hydrogen-bond donors (Lipinski definition) is 1. The third-order valence-corrected chi connectivity index (χ3v) is 3.34. The Morgan fingerprint density at radius 2 is 2.10 bits per heavy atom. The Hall–Kier alpha value is -1.06. The second kappa shape index (κ2) is 7.65. The molecular formula is C17H30N2O. The van der Waals surface area contributed by atoms with E-state index in [-0.39, 0.29) is 5.54 Å². The Morgan fingerprint density at radius 1 is 1.40 bits per heavy atom. The number of rotatable bonds is 8. The minimum absolute atomic E-state index is 0.101. The predicted octanol–water partition coefficient (Wildman–Crippen LogP) is 3.81. The van der Waals surface area contributed by atoms with Crippen molar-refractivity contribution in [3.05, 3.63) is 36.3 Å². The van der Waals surface area contributed by atoms with Gasteiger partial charge >= 0.3 is 0 Å². The van der Waals surface area contributed by atoms with E-state index < -0.39 is 0 Å². The van der Waals surface area contributed by atoms with E-state index in [1.165, 1.54) is 5.56 Å². The summed E-state index contributed by atoms with van der Waals surface area (Å²) >= 11 is 0. The van der Waals surface area contributed by atoms with Gasteiger partial charge in [0.15, 0.2) is 0 Å². The molecule has 1 heterocycles. The maximum absolute atomic E-state index is 5.68. The highest BCUT2D eigenvalue weighted by Gasteiger charge is 2.22. The van der Waals surface area contributed by atoms with E-state index in [2.05, 4.69) is 57.5 Å². The summed E-state index contributed by atoms with van der Waals surface area (Å²) in [6.45, 7) is 18.5. The molecule has 0 saturated heterocycles. The third kappa shape index (κ3) is 5.51. The summed E-state index contributed by atoms with van der Waals surface area (Å²) in [5.74, 6) is 1.72. The minimum Gasteiger partial charge on any atom is -0.468 e. The lowest BCUT2D eigenvalue weighted by atomic mass is 10.1. The molecule has 0 atom stereocenters. The molecule has 3 heteroatoms. The zero-order valence-electron chi connectivity index (χ0n) is 13.7. The Bertz CT molecular complexity index is 401. The van der Waals surface area contributed by atoms with E-state index in [4.69, 9.17) is 4.42 Å². The van der Waals surface area contributed by atoms with Crippen LogP contribution in [0.15, 0.2) is 29.4 Å². The second-order valence-corrected chi connectivity index (χ2v) is 6.73. The summed E-state index contributed by atoms with van der Waals surface area (Å²) < 4.78 is 5.68. The van der Waals surface area contributed by atoms with E-state index in [1.807, 2.05) is 6.08 Å². The molecule has 0 aromatic carbocycles. The van der Waals surface area contributed by atoms with E-state index in [0.29, 0.717) is 5.92 Å². The molecule has 0 saturated carbocycles. The van der Waals surface area contributed by atoms with Gasteiger partial charge in [-0.05, 0) is 39.3 Å². The van der Waals surface area contributed by atoms with Gasteiger partial charge < -0.3 is 9.73 Å². The molecule has 0 aliphatic carbocycles. The Morgan fingerprint density at radius 3 is 2.65 bits per heavy atom. The fourth-order valence-electron chi connectivity index (χ4n) is 2.06. The van der Waals surface area contributed by atoms with Crippen molar-refractivity contribution in [3.63, 3.8) is 0 Å². The van der Waals surface area contributed by atoms with Gasteiger partial charge in [0, 0.05) is 24.2 Å². The van der Waals surface area contributed by atoms with Crippen LogP contribution >= 0.6 is 0 Å². The van der Waals surface area contributed by atoms with Crippen LogP contribution < -0.4 is 5.32 Å². The van der Waals surface area contributed by atoms with Crippen LogP contribution in [0.1, 0.15) is 45.9 Å². The van der Waals surface area contributed by atoms with Crippen LogP contribution in [0.25, 0.3) is 0 Å². The second-order valence-electron chi connectivity index (χ2n) is 6.73. The zero-order chi connectivity index (χ0) is 15.2. The standard InChI is InChI=1S/C17H30N2O/c1-7-9-19(17(4,5)6)13-16-15(8-10-20-16)12-18-11-14(2)3/h7-8,10,14,18H,1,9,11-13H2,2-6H3. The average molecular weight is 278 g/mol. The molecule has 0 bridgehead atoms. The summed E-state index contributed by atoms with van der Waals surface area (Å²) in [5.41, 5.74) is 1.35. The van der Waals surface area contributed by atoms with Crippen molar-refractivity contribution in [2.75, 3.05) is 13.1 Å². The highest BCUT2D eigenvalue weighted by molar-refractivity contribution is 5.17. The van der Waals surface area contributed by atoms with Gasteiger partial charge in [0.25, 0.3) is 0 Å². The molecular weight excluding hydrogens is 248 g/mol. The summed E-state index contributed by atoms with van der Waals surface area (Å²) in [4.78, 5) is 2.37. The summed E-state index contributed by atoms with van der Waals surface area (Å²) in [6.07, 6.45) is 3.74. The number of furan rings is 1. The van der Waals surface area contributed by atoms with Crippen LogP contribution in [0.2, 0.25) is 0 Å². The zero-order valence-corrected chi connectivity index (χ0v) is 13.7. The highest BCUT2D eigenvalue weighted by atomic mass is 16.3. The summed E-state index contributed by atoms with van der Waals surface area (Å²) in [6, 6.07) is 2.07. The van der Waals surface area contributed by atoms with Crippen molar-refractivity contribution >= 4 is 0 Å². The lowest BCUT2D eigenvalue weighted by molar-refractivity contribution is 0.134. The van der Waals surface area contributed by atoms with Gasteiger partial charge in [0.05, 0.1) is 12.8 Å². The molecule has 0 aliphatic rings. The van der Waals surface area contributed by atoms with Gasteiger partial charge in [-0.15, -0.1) is 6.58 Å². The van der Waals surface area contributed by atoms with Crippen molar-refractivity contribution in [2.24, 2.45) is 5.92 Å². The third-order valence-electron chi connectivity index (χ3n) is 3.34. The van der Waals surface area contributed by atoms with Gasteiger partial charge in [0.2, 0.25) is 0 Å². The van der Waals surface area contributed by atoms with Crippen LogP contribution in [0.5, 0.6) is 0 Å². The van der Waals surface area contributed by atoms with Crippen LogP contribution in [-0.2, 0) is 13.1 Å². The molecule has 0 amide bonds. The molecule has 0 fully saturated rings. The van der Waals surface area contributed by atoms with Crippen molar-refractivity contribution in [1.82, 2.24) is 10.2 Å². The van der Waals surface area contributed by atoms with Gasteiger partial charge in [-0.25, -0.2) is 0 Å². The highest BCUT2D eigenvalue weighted by Crippen LogP contribution is 2.20. The van der Waals surface area contributed by atoms with Crippen molar-refractivity contribution in [2.45, 2.75) is 53.2 Å². The molecule has 0 unspecified atom stereocenters. The maximum atomic E-state index is 5.68. The van der Waals surface area contributed by atoms with Crippen molar-refractivity contribution in [1.29, 1.82) is 0 Å². The number of nitrogens with one attached hydrogen (secondary N) is 1. The number of hydrogen-bond acceptors (Lipinski definition) is 3. The molecule has 114 valence electrons. The molecule has 1 N–H and O–H groups in total. The van der Waals surface area contributed by atoms with Crippen molar-refractivity contribution in [3.8, 4) is 0 Å². The summed E-state index contributed by atoms with van der Waals surface area (Å²) in [7, 11) is 0. The smallest absolute Gasteiger partial charge is 0.122 e. The molecule has 0 aliphatic heterocycles. The lowest BCUT2D eigenvalue weighted by Gasteiger charge is -2.34. The molecule has 1 aromatic rings. The van der Waals surface area contributed by atoms with E-state index in [9.17, 15) is 0 Å². The summed E-state index contributed by atoms with van der Waals surface area (Å²) in [5, 5.41) is 3.47. The molecule has 0 spiro atoms. The van der Waals surface area contributed by atoms with Crippen LogP contribution in [0.4, 0.5) is 0 Å². The first-order valence-corrected chi connectivity index (χ1v) is 7.46. The molecule has 0 radical (unpaired) electrons. The van der Waals surface area contributed by atoms with Crippen LogP contribution in [-0.4, -0.2) is 23.5 Å². The predicted molar refractivity (Wildman–Crippen MR) is 85.6 cm³/mol. The Labute approximate surface area is 124 Å². The lowest BCUT2D eigenvalue weighted by Crippen LogP contribution is -2.41. The molecule has 1 rings (SSSR count). The van der Waals surface area contributed by atoms with E-state index in [0.717, 1.165) is 31.9 Å². The topological polar surface area (TPSA) is 28.4 Å². The largest absolute Gasteiger partial charge is 0.468 e. The molecule has 3 nitrogen and oxygen atoms in total. The monoisotopic (exact) mass is 278 g/mol. The van der Waals surface area contributed by atoms with E-state index >= 15 is 0 Å². The van der Waals surface area contributed by atoms with Gasteiger partial charge in [-0.2, -0.15) is 0 Å². The molecule has 20 heavy (non-hydrogen) atoms. The first-order valence-electron chi connectivity index (χ1n) is 7.46. The minimum atomic E-state index is 0.101.